The first-order chi connectivity index (χ1) is 13.5. The number of hydrogen-bond acceptors (Lipinski definition) is 5. The minimum absolute atomic E-state index is 0.0745. The van der Waals surface area contributed by atoms with Crippen molar-refractivity contribution in [2.75, 3.05) is 18.8 Å². The summed E-state index contributed by atoms with van der Waals surface area (Å²) in [5, 5.41) is 8.81. The summed E-state index contributed by atoms with van der Waals surface area (Å²) in [5.74, 6) is 0.455. The second-order valence-electron chi connectivity index (χ2n) is 7.33. The molecule has 0 aliphatic carbocycles. The number of piperidine rings is 1. The molecule has 148 valence electrons. The summed E-state index contributed by atoms with van der Waals surface area (Å²) in [7, 11) is 0. The highest BCUT2D eigenvalue weighted by molar-refractivity contribution is 7.99. The molecule has 1 fully saturated rings. The molecule has 1 N–H and O–H groups in total. The van der Waals surface area contributed by atoms with Crippen LogP contribution in [0.2, 0.25) is 0 Å². The Morgan fingerprint density at radius 1 is 1.29 bits per heavy atom. The molecule has 1 amide bonds. The highest BCUT2D eigenvalue weighted by Gasteiger charge is 2.26. The van der Waals surface area contributed by atoms with E-state index in [9.17, 15) is 9.59 Å². The van der Waals surface area contributed by atoms with Crippen LogP contribution in [-0.4, -0.2) is 54.0 Å². The van der Waals surface area contributed by atoms with E-state index in [1.807, 2.05) is 38.3 Å². The Bertz CT molecular complexity index is 1030. The predicted molar refractivity (Wildman–Crippen MR) is 109 cm³/mol. The van der Waals surface area contributed by atoms with Gasteiger partial charge in [-0.3, -0.25) is 9.36 Å². The Kier molecular flexibility index (Phi) is 5.25. The Labute approximate surface area is 166 Å². The molecule has 28 heavy (non-hydrogen) atoms. The van der Waals surface area contributed by atoms with Gasteiger partial charge in [-0.1, -0.05) is 23.9 Å². The number of imidazole rings is 1. The smallest absolute Gasteiger partial charge is 0.326 e. The third kappa shape index (κ3) is 3.58. The van der Waals surface area contributed by atoms with Gasteiger partial charge in [0, 0.05) is 25.2 Å². The van der Waals surface area contributed by atoms with E-state index in [0.29, 0.717) is 18.8 Å². The molecule has 3 heterocycles. The first kappa shape index (κ1) is 18.8. The minimum Gasteiger partial charge on any atom is -0.342 e. The minimum atomic E-state index is -0.0745. The summed E-state index contributed by atoms with van der Waals surface area (Å²) < 4.78 is 3.81. The van der Waals surface area contributed by atoms with E-state index in [1.165, 1.54) is 11.8 Å². The molecule has 0 unspecified atom stereocenters. The Morgan fingerprint density at radius 3 is 2.79 bits per heavy atom. The number of likely N-dealkylation sites (tertiary alicyclic amines) is 1. The number of amides is 1. The summed E-state index contributed by atoms with van der Waals surface area (Å²) in [6, 6.07) is 8.12. The molecule has 1 aliphatic heterocycles. The van der Waals surface area contributed by atoms with E-state index in [4.69, 9.17) is 0 Å². The highest BCUT2D eigenvalue weighted by atomic mass is 32.2. The fourth-order valence-corrected chi connectivity index (χ4v) is 4.66. The number of fused-ring (bicyclic) bond motifs is 1. The molecule has 0 radical (unpaired) electrons. The summed E-state index contributed by atoms with van der Waals surface area (Å²) in [6.07, 6.45) is 3.25. The van der Waals surface area contributed by atoms with Crippen molar-refractivity contribution in [3.8, 4) is 0 Å². The average Bonchev–Trinajstić information content (AvgIpc) is 3.29. The van der Waals surface area contributed by atoms with Gasteiger partial charge < -0.3 is 14.5 Å². The number of hydrogen-bond donors (Lipinski definition) is 1. The number of nitrogens with zero attached hydrogens (tertiary/aromatic N) is 5. The standard InChI is InChI=1S/C19H24N6O2S/c1-13(2)24-12-20-22-19(24)28-11-17(26)23-9-7-14(8-10-23)25-16-6-4-3-5-15(16)21-18(25)27/h3-6,12-14H,7-11H2,1-2H3,(H,21,27). The second-order valence-corrected chi connectivity index (χ2v) is 8.27. The van der Waals surface area contributed by atoms with Crippen molar-refractivity contribution < 1.29 is 4.79 Å². The summed E-state index contributed by atoms with van der Waals surface area (Å²) in [5.41, 5.74) is 1.71. The third-order valence-electron chi connectivity index (χ3n) is 5.23. The number of nitrogens with one attached hydrogen (secondary N) is 1. The van der Waals surface area contributed by atoms with Crippen LogP contribution in [-0.2, 0) is 4.79 Å². The average molecular weight is 401 g/mol. The number of rotatable bonds is 5. The van der Waals surface area contributed by atoms with E-state index in [-0.39, 0.29) is 23.7 Å². The molecule has 1 aromatic carbocycles. The van der Waals surface area contributed by atoms with E-state index >= 15 is 0 Å². The fourth-order valence-electron chi connectivity index (χ4n) is 3.72. The monoisotopic (exact) mass is 400 g/mol. The lowest BCUT2D eigenvalue weighted by molar-refractivity contribution is -0.129. The van der Waals surface area contributed by atoms with Crippen molar-refractivity contribution in [3.63, 3.8) is 0 Å². The van der Waals surface area contributed by atoms with Crippen molar-refractivity contribution in [2.45, 2.75) is 43.9 Å². The molecular formula is C19H24N6O2S. The van der Waals surface area contributed by atoms with Gasteiger partial charge in [-0.25, -0.2) is 4.79 Å². The Morgan fingerprint density at radius 2 is 2.04 bits per heavy atom. The molecular weight excluding hydrogens is 376 g/mol. The molecule has 2 aromatic heterocycles. The zero-order valence-corrected chi connectivity index (χ0v) is 16.9. The van der Waals surface area contributed by atoms with Crippen molar-refractivity contribution in [1.82, 2.24) is 29.2 Å². The Balaban J connectivity index is 1.37. The van der Waals surface area contributed by atoms with Crippen LogP contribution in [0.5, 0.6) is 0 Å². The number of carbonyl (C=O) groups excluding carboxylic acids is 1. The van der Waals surface area contributed by atoms with E-state index in [1.54, 1.807) is 6.33 Å². The third-order valence-corrected chi connectivity index (χ3v) is 6.17. The number of aromatic amines is 1. The summed E-state index contributed by atoms with van der Waals surface area (Å²) in [4.78, 5) is 29.8. The quantitative estimate of drug-likeness (QED) is 0.665. The number of H-pyrrole nitrogens is 1. The van der Waals surface area contributed by atoms with Crippen LogP contribution in [0.4, 0.5) is 0 Å². The molecule has 1 aliphatic rings. The normalized spacial score (nSPS) is 15.6. The van der Waals surface area contributed by atoms with Crippen LogP contribution in [0.1, 0.15) is 38.8 Å². The molecule has 0 saturated carbocycles. The van der Waals surface area contributed by atoms with Crippen molar-refractivity contribution in [3.05, 3.63) is 41.1 Å². The zero-order chi connectivity index (χ0) is 19.7. The molecule has 1 saturated heterocycles. The maximum Gasteiger partial charge on any atom is 0.326 e. The number of aromatic nitrogens is 5. The molecule has 0 atom stereocenters. The Hall–Kier alpha value is -2.55. The lowest BCUT2D eigenvalue weighted by atomic mass is 10.0. The topological polar surface area (TPSA) is 88.8 Å². The van der Waals surface area contributed by atoms with Gasteiger partial charge in [-0.2, -0.15) is 0 Å². The molecule has 9 heteroatoms. The first-order valence-corrected chi connectivity index (χ1v) is 10.5. The van der Waals surface area contributed by atoms with Gasteiger partial charge in [0.2, 0.25) is 5.91 Å². The van der Waals surface area contributed by atoms with Gasteiger partial charge in [0.05, 0.1) is 16.8 Å². The van der Waals surface area contributed by atoms with E-state index in [2.05, 4.69) is 29.0 Å². The summed E-state index contributed by atoms with van der Waals surface area (Å²) in [6.45, 7) is 5.44. The second kappa shape index (κ2) is 7.83. The van der Waals surface area contributed by atoms with Gasteiger partial charge in [-0.05, 0) is 38.8 Å². The van der Waals surface area contributed by atoms with Gasteiger partial charge in [0.25, 0.3) is 0 Å². The molecule has 0 spiro atoms. The van der Waals surface area contributed by atoms with Gasteiger partial charge in [0.15, 0.2) is 5.16 Å². The molecule has 4 rings (SSSR count). The zero-order valence-electron chi connectivity index (χ0n) is 16.0. The van der Waals surface area contributed by atoms with Crippen LogP contribution in [0.3, 0.4) is 0 Å². The van der Waals surface area contributed by atoms with Crippen molar-refractivity contribution >= 4 is 28.7 Å². The number of thioether (sulfide) groups is 1. The van der Waals surface area contributed by atoms with Crippen molar-refractivity contribution in [1.29, 1.82) is 0 Å². The van der Waals surface area contributed by atoms with E-state index in [0.717, 1.165) is 29.0 Å². The van der Waals surface area contributed by atoms with Crippen LogP contribution in [0.15, 0.2) is 40.5 Å². The largest absolute Gasteiger partial charge is 0.342 e. The maximum absolute atomic E-state index is 12.6. The number of para-hydroxylation sites is 2. The molecule has 3 aromatic rings. The number of carbonyl (C=O) groups is 1. The fraction of sp³-hybridized carbons (Fsp3) is 0.474. The SMILES string of the molecule is CC(C)n1cnnc1SCC(=O)N1CCC(n2c(=O)[nH]c3ccccc32)CC1. The molecule has 0 bridgehead atoms. The van der Waals surface area contributed by atoms with Gasteiger partial charge >= 0.3 is 5.69 Å². The van der Waals surface area contributed by atoms with E-state index < -0.39 is 0 Å². The first-order valence-electron chi connectivity index (χ1n) is 9.54. The predicted octanol–water partition coefficient (Wildman–Crippen LogP) is 2.46. The van der Waals surface area contributed by atoms with Crippen LogP contribution >= 0.6 is 11.8 Å². The van der Waals surface area contributed by atoms with Crippen LogP contribution in [0.25, 0.3) is 11.0 Å². The highest BCUT2D eigenvalue weighted by Crippen LogP contribution is 2.26. The van der Waals surface area contributed by atoms with Crippen LogP contribution in [0, 0.1) is 0 Å². The van der Waals surface area contributed by atoms with Gasteiger partial charge in [0.1, 0.15) is 6.33 Å². The lowest BCUT2D eigenvalue weighted by Crippen LogP contribution is -2.41. The van der Waals surface area contributed by atoms with Crippen molar-refractivity contribution in [2.24, 2.45) is 0 Å². The van der Waals surface area contributed by atoms with Gasteiger partial charge in [-0.15, -0.1) is 10.2 Å². The maximum atomic E-state index is 12.6. The lowest BCUT2D eigenvalue weighted by Gasteiger charge is -2.32. The van der Waals surface area contributed by atoms with Crippen LogP contribution < -0.4 is 5.69 Å². The number of benzene rings is 1. The summed E-state index contributed by atoms with van der Waals surface area (Å²) >= 11 is 1.42. The molecule has 8 nitrogen and oxygen atoms in total.